The Morgan fingerprint density at radius 2 is 1.81 bits per heavy atom. The van der Waals surface area contributed by atoms with Crippen LogP contribution in [-0.4, -0.2) is 21.0 Å². The fourth-order valence-corrected chi connectivity index (χ4v) is 2.24. The first-order valence-corrected chi connectivity index (χ1v) is 7.89. The molecular weight excluding hydrogens is 332 g/mol. The molecule has 0 atom stereocenters. The van der Waals surface area contributed by atoms with Crippen LogP contribution < -0.4 is 10.3 Å². The Morgan fingerprint density at radius 1 is 1.08 bits per heavy atom. The lowest BCUT2D eigenvalue weighted by atomic mass is 10.2. The van der Waals surface area contributed by atoms with Gasteiger partial charge in [0, 0.05) is 6.20 Å². The summed E-state index contributed by atoms with van der Waals surface area (Å²) in [7, 11) is 0. The van der Waals surface area contributed by atoms with Gasteiger partial charge in [-0.1, -0.05) is 48.5 Å². The summed E-state index contributed by atoms with van der Waals surface area (Å²) in [4.78, 5) is 28.7. The normalized spacial score (nSPS) is 10.8. The molecule has 0 aliphatic rings. The first-order valence-electron chi connectivity index (χ1n) is 7.89. The van der Waals surface area contributed by atoms with E-state index in [0.717, 1.165) is 23.1 Å². The number of carbonyl (C=O) groups is 1. The van der Waals surface area contributed by atoms with Crippen LogP contribution in [0.15, 0.2) is 65.6 Å². The highest BCUT2D eigenvalue weighted by molar-refractivity contribution is 5.86. The Hall–Kier alpha value is -3.67. The summed E-state index contributed by atoms with van der Waals surface area (Å²) in [6.45, 7) is 0.497. The van der Waals surface area contributed by atoms with Gasteiger partial charge < -0.3 is 14.8 Å². The molecule has 2 N–H and O–H groups in total. The van der Waals surface area contributed by atoms with Crippen LogP contribution in [-0.2, 0) is 6.61 Å². The number of carboxylic acid groups (broad SMARTS) is 1. The third-order valence-electron chi connectivity index (χ3n) is 3.61. The zero-order valence-corrected chi connectivity index (χ0v) is 13.8. The third kappa shape index (κ3) is 4.45. The molecule has 1 heterocycles. The van der Waals surface area contributed by atoms with Gasteiger partial charge in [-0.05, 0) is 29.3 Å². The van der Waals surface area contributed by atoms with Crippen molar-refractivity contribution in [2.24, 2.45) is 0 Å². The molecule has 0 saturated heterocycles. The van der Waals surface area contributed by atoms with Crippen LogP contribution in [0.5, 0.6) is 5.75 Å². The lowest BCUT2D eigenvalue weighted by molar-refractivity contribution is 0.0694. The first-order chi connectivity index (χ1) is 12.6. The molecule has 0 amide bonds. The molecule has 130 valence electrons. The standard InChI is InChI=1S/C20H16N2O4/c23-19-17(20(24)25)12-21-18(22-19)11-8-14-6-9-16(10-7-14)26-13-15-4-2-1-3-5-15/h1-12H,13H2,(H,24,25)(H,21,22,23)/b11-8+. The van der Waals surface area contributed by atoms with E-state index >= 15 is 0 Å². The van der Waals surface area contributed by atoms with Crippen LogP contribution in [0.3, 0.4) is 0 Å². The van der Waals surface area contributed by atoms with E-state index in [1.165, 1.54) is 0 Å². The zero-order chi connectivity index (χ0) is 18.4. The molecular formula is C20H16N2O4. The molecule has 0 unspecified atom stereocenters. The van der Waals surface area contributed by atoms with Crippen molar-refractivity contribution in [3.05, 3.63) is 93.7 Å². The van der Waals surface area contributed by atoms with Crippen molar-refractivity contribution in [3.8, 4) is 5.75 Å². The monoisotopic (exact) mass is 348 g/mol. The van der Waals surface area contributed by atoms with Crippen LogP contribution in [0, 0.1) is 0 Å². The van der Waals surface area contributed by atoms with E-state index in [4.69, 9.17) is 9.84 Å². The second-order valence-corrected chi connectivity index (χ2v) is 5.49. The third-order valence-corrected chi connectivity index (χ3v) is 3.61. The number of hydrogen-bond acceptors (Lipinski definition) is 4. The van der Waals surface area contributed by atoms with Gasteiger partial charge in [0.1, 0.15) is 23.7 Å². The number of ether oxygens (including phenoxy) is 1. The Balaban J connectivity index is 1.63. The van der Waals surface area contributed by atoms with Gasteiger partial charge in [-0.25, -0.2) is 9.78 Å². The number of aromatic carboxylic acids is 1. The molecule has 0 saturated carbocycles. The lowest BCUT2D eigenvalue weighted by Gasteiger charge is -2.06. The molecule has 0 spiro atoms. The Morgan fingerprint density at radius 3 is 2.46 bits per heavy atom. The SMILES string of the molecule is O=C(O)c1cnc(/C=C/c2ccc(OCc3ccccc3)cc2)[nH]c1=O. The smallest absolute Gasteiger partial charge is 0.342 e. The maximum absolute atomic E-state index is 11.6. The minimum absolute atomic E-state index is 0.282. The summed E-state index contributed by atoms with van der Waals surface area (Å²) in [6, 6.07) is 17.4. The first kappa shape index (κ1) is 17.2. The molecule has 0 bridgehead atoms. The summed E-state index contributed by atoms with van der Waals surface area (Å²) in [5.41, 5.74) is 0.914. The highest BCUT2D eigenvalue weighted by atomic mass is 16.5. The minimum atomic E-state index is -1.31. The van der Waals surface area contributed by atoms with Gasteiger partial charge in [-0.3, -0.25) is 4.79 Å². The van der Waals surface area contributed by atoms with Crippen molar-refractivity contribution in [1.82, 2.24) is 9.97 Å². The van der Waals surface area contributed by atoms with Gasteiger partial charge in [0.25, 0.3) is 5.56 Å². The molecule has 3 aromatic rings. The van der Waals surface area contributed by atoms with Crippen LogP contribution >= 0.6 is 0 Å². The molecule has 6 heteroatoms. The highest BCUT2D eigenvalue weighted by Gasteiger charge is 2.08. The van der Waals surface area contributed by atoms with Gasteiger partial charge in [0.2, 0.25) is 0 Å². The number of rotatable bonds is 6. The summed E-state index contributed by atoms with van der Waals surface area (Å²) >= 11 is 0. The number of aromatic nitrogens is 2. The van der Waals surface area contributed by atoms with Crippen molar-refractivity contribution >= 4 is 18.1 Å². The highest BCUT2D eigenvalue weighted by Crippen LogP contribution is 2.15. The van der Waals surface area contributed by atoms with E-state index in [0.29, 0.717) is 6.61 Å². The van der Waals surface area contributed by atoms with Crippen LogP contribution in [0.1, 0.15) is 27.3 Å². The van der Waals surface area contributed by atoms with E-state index in [2.05, 4.69) is 9.97 Å². The number of aromatic amines is 1. The van der Waals surface area contributed by atoms with Crippen molar-refractivity contribution in [1.29, 1.82) is 0 Å². The molecule has 26 heavy (non-hydrogen) atoms. The molecule has 0 fully saturated rings. The van der Waals surface area contributed by atoms with Gasteiger partial charge >= 0.3 is 5.97 Å². The Labute approximate surface area is 149 Å². The van der Waals surface area contributed by atoms with Crippen LogP contribution in [0.25, 0.3) is 12.2 Å². The van der Waals surface area contributed by atoms with Gasteiger partial charge in [-0.15, -0.1) is 0 Å². The van der Waals surface area contributed by atoms with Crippen molar-refractivity contribution in [2.75, 3.05) is 0 Å². The zero-order valence-electron chi connectivity index (χ0n) is 13.8. The number of nitrogens with one attached hydrogen (secondary N) is 1. The predicted octanol–water partition coefficient (Wildman–Crippen LogP) is 3.22. The van der Waals surface area contributed by atoms with E-state index in [-0.39, 0.29) is 11.4 Å². The fraction of sp³-hybridized carbons (Fsp3) is 0.0500. The molecule has 0 aliphatic carbocycles. The summed E-state index contributed by atoms with van der Waals surface area (Å²) < 4.78 is 5.72. The van der Waals surface area contributed by atoms with E-state index in [1.54, 1.807) is 12.2 Å². The van der Waals surface area contributed by atoms with Gasteiger partial charge in [0.05, 0.1) is 0 Å². The molecule has 1 aromatic heterocycles. The lowest BCUT2D eigenvalue weighted by Crippen LogP contribution is -2.18. The molecule has 0 aliphatic heterocycles. The number of H-pyrrole nitrogens is 1. The minimum Gasteiger partial charge on any atom is -0.489 e. The quantitative estimate of drug-likeness (QED) is 0.713. The maximum Gasteiger partial charge on any atom is 0.342 e. The van der Waals surface area contributed by atoms with Gasteiger partial charge in [0.15, 0.2) is 0 Å². The van der Waals surface area contributed by atoms with E-state index in [9.17, 15) is 9.59 Å². The van der Waals surface area contributed by atoms with Crippen LogP contribution in [0.4, 0.5) is 0 Å². The number of benzene rings is 2. The molecule has 0 radical (unpaired) electrons. The summed E-state index contributed by atoms with van der Waals surface area (Å²) in [5.74, 6) is -0.270. The summed E-state index contributed by atoms with van der Waals surface area (Å²) in [6.07, 6.45) is 4.41. The molecule has 3 rings (SSSR count). The largest absolute Gasteiger partial charge is 0.489 e. The number of hydrogen-bond donors (Lipinski definition) is 2. The average Bonchev–Trinajstić information content (AvgIpc) is 2.66. The Kier molecular flexibility index (Phi) is 5.24. The van der Waals surface area contributed by atoms with Crippen molar-refractivity contribution < 1.29 is 14.6 Å². The van der Waals surface area contributed by atoms with E-state index in [1.807, 2.05) is 54.6 Å². The maximum atomic E-state index is 11.6. The van der Waals surface area contributed by atoms with E-state index < -0.39 is 11.5 Å². The Bertz CT molecular complexity index is 977. The van der Waals surface area contributed by atoms with Crippen LogP contribution in [0.2, 0.25) is 0 Å². The van der Waals surface area contributed by atoms with Crippen molar-refractivity contribution in [3.63, 3.8) is 0 Å². The number of carboxylic acids is 1. The average molecular weight is 348 g/mol. The molecule has 2 aromatic carbocycles. The second-order valence-electron chi connectivity index (χ2n) is 5.49. The fourth-order valence-electron chi connectivity index (χ4n) is 2.24. The van der Waals surface area contributed by atoms with Crippen molar-refractivity contribution in [2.45, 2.75) is 6.61 Å². The second kappa shape index (κ2) is 7.94. The summed E-state index contributed by atoms with van der Waals surface area (Å²) in [5, 5.41) is 8.82. The van der Waals surface area contributed by atoms with Gasteiger partial charge in [-0.2, -0.15) is 0 Å². The topological polar surface area (TPSA) is 92.3 Å². The number of nitrogens with zero attached hydrogens (tertiary/aromatic N) is 1. The predicted molar refractivity (Wildman–Crippen MR) is 98.0 cm³/mol. The molecule has 6 nitrogen and oxygen atoms in total.